The Morgan fingerprint density at radius 3 is 2.65 bits per heavy atom. The summed E-state index contributed by atoms with van der Waals surface area (Å²) in [7, 11) is -3.70. The van der Waals surface area contributed by atoms with Crippen molar-refractivity contribution in [3.05, 3.63) is 24.3 Å². The quantitative estimate of drug-likeness (QED) is 0.748. The van der Waals surface area contributed by atoms with Crippen molar-refractivity contribution in [1.82, 2.24) is 9.29 Å². The van der Waals surface area contributed by atoms with Gasteiger partial charge in [0, 0.05) is 25.2 Å². The predicted octanol–water partition coefficient (Wildman–Crippen LogP) is 1.86. The average molecular weight is 281 g/mol. The molecule has 0 saturated heterocycles. The fourth-order valence-corrected chi connectivity index (χ4v) is 3.19. The van der Waals surface area contributed by atoms with Gasteiger partial charge in [0.05, 0.1) is 6.20 Å². The molecule has 0 atom stereocenters. The van der Waals surface area contributed by atoms with E-state index in [1.54, 1.807) is 0 Å². The molecule has 17 heavy (non-hydrogen) atoms. The molecule has 7 heteroatoms. The molecule has 96 valence electrons. The highest BCUT2D eigenvalue weighted by Crippen LogP contribution is 2.15. The molecule has 0 aliphatic rings. The van der Waals surface area contributed by atoms with Crippen LogP contribution < -0.4 is 0 Å². The summed E-state index contributed by atoms with van der Waals surface area (Å²) in [5.74, 6) is -0.476. The molecule has 0 saturated carbocycles. The largest absolute Gasteiger partial charge is 0.260 e. The Balaban J connectivity index is 3.07. The van der Waals surface area contributed by atoms with Gasteiger partial charge in [-0.2, -0.15) is 4.31 Å². The maximum atomic E-state index is 13.0. The standard InChI is InChI=1S/C10H14ClFN2O2S/c1-2-4-14(5-3-11)17(15,16)10-6-9(12)7-13-8-10/h6-8H,2-5H2,1H3. The lowest BCUT2D eigenvalue weighted by Crippen LogP contribution is -2.33. The molecule has 1 aromatic rings. The van der Waals surface area contributed by atoms with Crippen molar-refractivity contribution in [2.75, 3.05) is 19.0 Å². The van der Waals surface area contributed by atoms with E-state index in [4.69, 9.17) is 11.6 Å². The van der Waals surface area contributed by atoms with Crippen LogP contribution >= 0.6 is 11.6 Å². The molecule has 0 aliphatic carbocycles. The summed E-state index contributed by atoms with van der Waals surface area (Å²) in [4.78, 5) is 3.40. The summed E-state index contributed by atoms with van der Waals surface area (Å²) in [6.07, 6.45) is 2.76. The van der Waals surface area contributed by atoms with Gasteiger partial charge in [-0.25, -0.2) is 12.8 Å². The van der Waals surface area contributed by atoms with Crippen molar-refractivity contribution in [2.24, 2.45) is 0 Å². The Bertz CT molecular complexity index is 461. The number of halogens is 2. The third-order valence-corrected chi connectivity index (χ3v) is 4.16. The maximum absolute atomic E-state index is 13.0. The maximum Gasteiger partial charge on any atom is 0.244 e. The SMILES string of the molecule is CCCN(CCCl)S(=O)(=O)c1cncc(F)c1. The molecule has 0 N–H and O–H groups in total. The van der Waals surface area contributed by atoms with Crippen LogP contribution in [0.1, 0.15) is 13.3 Å². The van der Waals surface area contributed by atoms with Crippen LogP contribution in [-0.2, 0) is 10.0 Å². The molecule has 0 aromatic carbocycles. The Morgan fingerprint density at radius 2 is 2.12 bits per heavy atom. The van der Waals surface area contributed by atoms with E-state index in [0.29, 0.717) is 13.0 Å². The number of hydrogen-bond acceptors (Lipinski definition) is 3. The summed E-state index contributed by atoms with van der Waals surface area (Å²) < 4.78 is 38.4. The van der Waals surface area contributed by atoms with Crippen LogP contribution in [0.15, 0.2) is 23.4 Å². The van der Waals surface area contributed by atoms with E-state index < -0.39 is 15.8 Å². The monoisotopic (exact) mass is 280 g/mol. The zero-order valence-corrected chi connectivity index (χ0v) is 11.0. The van der Waals surface area contributed by atoms with E-state index in [2.05, 4.69) is 4.98 Å². The van der Waals surface area contributed by atoms with E-state index in [-0.39, 0.29) is 17.3 Å². The fraction of sp³-hybridized carbons (Fsp3) is 0.500. The first-order valence-corrected chi connectivity index (χ1v) is 7.16. The molecule has 1 rings (SSSR count). The molecule has 1 heterocycles. The molecule has 0 fully saturated rings. The number of rotatable bonds is 6. The van der Waals surface area contributed by atoms with Crippen molar-refractivity contribution >= 4 is 21.6 Å². The second-order valence-electron chi connectivity index (χ2n) is 3.43. The highest BCUT2D eigenvalue weighted by molar-refractivity contribution is 7.89. The summed E-state index contributed by atoms with van der Waals surface area (Å²) in [6.45, 7) is 2.42. The first kappa shape index (κ1) is 14.3. The van der Waals surface area contributed by atoms with Gasteiger partial charge >= 0.3 is 0 Å². The second kappa shape index (κ2) is 6.28. The van der Waals surface area contributed by atoms with E-state index >= 15 is 0 Å². The van der Waals surface area contributed by atoms with Gasteiger partial charge < -0.3 is 0 Å². The van der Waals surface area contributed by atoms with Gasteiger partial charge in [0.15, 0.2) is 0 Å². The molecule has 4 nitrogen and oxygen atoms in total. The second-order valence-corrected chi connectivity index (χ2v) is 5.75. The lowest BCUT2D eigenvalue weighted by molar-refractivity contribution is 0.428. The minimum atomic E-state index is -3.70. The molecule has 0 bridgehead atoms. The van der Waals surface area contributed by atoms with Gasteiger partial charge in [0.2, 0.25) is 10.0 Å². The summed E-state index contributed by atoms with van der Waals surface area (Å²) >= 11 is 5.56. The Hall–Kier alpha value is -0.720. The Labute approximate surface area is 105 Å². The molecule has 0 spiro atoms. The third-order valence-electron chi connectivity index (χ3n) is 2.12. The van der Waals surface area contributed by atoms with E-state index in [1.807, 2.05) is 6.92 Å². The van der Waals surface area contributed by atoms with Crippen LogP contribution in [0.4, 0.5) is 4.39 Å². The molecule has 0 radical (unpaired) electrons. The van der Waals surface area contributed by atoms with E-state index in [0.717, 1.165) is 18.5 Å². The topological polar surface area (TPSA) is 50.3 Å². The van der Waals surface area contributed by atoms with Gasteiger partial charge in [-0.3, -0.25) is 4.98 Å². The zero-order chi connectivity index (χ0) is 12.9. The van der Waals surface area contributed by atoms with Crippen LogP contribution in [0.2, 0.25) is 0 Å². The molecule has 1 aromatic heterocycles. The fourth-order valence-electron chi connectivity index (χ4n) is 1.38. The smallest absolute Gasteiger partial charge is 0.244 e. The van der Waals surface area contributed by atoms with Crippen LogP contribution in [0.5, 0.6) is 0 Å². The summed E-state index contributed by atoms with van der Waals surface area (Å²) in [5.41, 5.74) is 0. The van der Waals surface area contributed by atoms with Crippen molar-refractivity contribution in [1.29, 1.82) is 0 Å². The molecule has 0 aliphatic heterocycles. The first-order valence-electron chi connectivity index (χ1n) is 5.19. The van der Waals surface area contributed by atoms with Gasteiger partial charge in [-0.05, 0) is 12.5 Å². The zero-order valence-electron chi connectivity index (χ0n) is 9.44. The van der Waals surface area contributed by atoms with E-state index in [1.165, 1.54) is 4.31 Å². The highest BCUT2D eigenvalue weighted by Gasteiger charge is 2.23. The number of alkyl halides is 1. The normalized spacial score (nSPS) is 12.0. The molecular formula is C10H14ClFN2O2S. The minimum Gasteiger partial charge on any atom is -0.260 e. The van der Waals surface area contributed by atoms with E-state index in [9.17, 15) is 12.8 Å². The number of hydrogen-bond donors (Lipinski definition) is 0. The predicted molar refractivity (Wildman–Crippen MR) is 64.0 cm³/mol. The average Bonchev–Trinajstić information content (AvgIpc) is 2.29. The van der Waals surface area contributed by atoms with Gasteiger partial charge in [-0.1, -0.05) is 6.92 Å². The van der Waals surface area contributed by atoms with Crippen LogP contribution in [-0.4, -0.2) is 36.7 Å². The van der Waals surface area contributed by atoms with Crippen molar-refractivity contribution in [3.63, 3.8) is 0 Å². The molecular weight excluding hydrogens is 267 g/mol. The summed E-state index contributed by atoms with van der Waals surface area (Å²) in [6, 6.07) is 0.958. The van der Waals surface area contributed by atoms with Crippen molar-refractivity contribution in [2.45, 2.75) is 18.2 Å². The van der Waals surface area contributed by atoms with Gasteiger partial charge in [0.1, 0.15) is 10.7 Å². The number of nitrogens with zero attached hydrogens (tertiary/aromatic N) is 2. The third kappa shape index (κ3) is 3.62. The number of pyridine rings is 1. The lowest BCUT2D eigenvalue weighted by Gasteiger charge is -2.20. The minimum absolute atomic E-state index is 0.143. The van der Waals surface area contributed by atoms with Gasteiger partial charge in [0.25, 0.3) is 0 Å². The lowest BCUT2D eigenvalue weighted by atomic mass is 10.5. The number of aromatic nitrogens is 1. The van der Waals surface area contributed by atoms with Gasteiger partial charge in [-0.15, -0.1) is 11.6 Å². The number of sulfonamides is 1. The van der Waals surface area contributed by atoms with Crippen LogP contribution in [0.3, 0.4) is 0 Å². The van der Waals surface area contributed by atoms with Crippen molar-refractivity contribution < 1.29 is 12.8 Å². The molecule has 0 amide bonds. The van der Waals surface area contributed by atoms with Crippen LogP contribution in [0, 0.1) is 5.82 Å². The highest BCUT2D eigenvalue weighted by atomic mass is 35.5. The van der Waals surface area contributed by atoms with Crippen molar-refractivity contribution in [3.8, 4) is 0 Å². The molecule has 0 unspecified atom stereocenters. The Morgan fingerprint density at radius 1 is 1.41 bits per heavy atom. The van der Waals surface area contributed by atoms with Crippen LogP contribution in [0.25, 0.3) is 0 Å². The first-order chi connectivity index (χ1) is 8.02. The summed E-state index contributed by atoms with van der Waals surface area (Å²) in [5, 5.41) is 0. The Kier molecular flexibility index (Phi) is 5.30.